The van der Waals surface area contributed by atoms with E-state index in [1.54, 1.807) is 12.1 Å². The molecule has 0 radical (unpaired) electrons. The van der Waals surface area contributed by atoms with Crippen molar-refractivity contribution in [3.8, 4) is 23.0 Å². The molecule has 92 valence electrons. The lowest BCUT2D eigenvalue weighted by Gasteiger charge is -2.03. The fourth-order valence-corrected chi connectivity index (χ4v) is 1.72. The number of nitrogens with one attached hydrogen (secondary N) is 1. The molecule has 3 rings (SSSR count). The van der Waals surface area contributed by atoms with Gasteiger partial charge in [-0.3, -0.25) is 0 Å². The van der Waals surface area contributed by atoms with Crippen LogP contribution in [0.1, 0.15) is 0 Å². The average Bonchev–Trinajstić information content (AvgIpc) is 2.86. The molecule has 0 aliphatic carbocycles. The Morgan fingerprint density at radius 2 is 2.33 bits per heavy atom. The highest BCUT2D eigenvalue weighted by molar-refractivity contribution is 7.71. The lowest BCUT2D eigenvalue weighted by molar-refractivity contribution is 0.373. The Hall–Kier alpha value is -2.35. The van der Waals surface area contributed by atoms with Gasteiger partial charge in [0.15, 0.2) is 11.5 Å². The number of ether oxygens (including phenoxy) is 1. The summed E-state index contributed by atoms with van der Waals surface area (Å²) in [5.74, 6) is 1.03. The van der Waals surface area contributed by atoms with Gasteiger partial charge in [-0.25, -0.2) is 5.10 Å². The number of phenolic OH excluding ortho intramolecular Hbond substituents is 1. The monoisotopic (exact) mass is 264 g/mol. The van der Waals surface area contributed by atoms with Crippen molar-refractivity contribution in [2.75, 3.05) is 7.11 Å². The maximum atomic E-state index is 9.50. The zero-order valence-electron chi connectivity index (χ0n) is 9.25. The smallest absolute Gasteiger partial charge is 0.343 e. The third-order valence-electron chi connectivity index (χ3n) is 2.39. The summed E-state index contributed by atoms with van der Waals surface area (Å²) in [6.07, 6.45) is 0. The Morgan fingerprint density at radius 1 is 1.50 bits per heavy atom. The summed E-state index contributed by atoms with van der Waals surface area (Å²) in [6, 6.07) is 4.79. The van der Waals surface area contributed by atoms with Gasteiger partial charge >= 0.3 is 5.84 Å². The Morgan fingerprint density at radius 3 is 3.06 bits per heavy atom. The highest BCUT2D eigenvalue weighted by atomic mass is 32.1. The zero-order valence-corrected chi connectivity index (χ0v) is 10.1. The van der Waals surface area contributed by atoms with Crippen LogP contribution in [0.2, 0.25) is 0 Å². The van der Waals surface area contributed by atoms with Crippen LogP contribution in [0, 0.1) is 4.77 Å². The first-order valence-electron chi connectivity index (χ1n) is 5.00. The van der Waals surface area contributed by atoms with Gasteiger partial charge in [-0.2, -0.15) is 4.98 Å². The van der Waals surface area contributed by atoms with E-state index in [-0.39, 0.29) is 11.6 Å². The van der Waals surface area contributed by atoms with E-state index >= 15 is 0 Å². The van der Waals surface area contributed by atoms with E-state index in [0.717, 1.165) is 0 Å². The highest BCUT2D eigenvalue weighted by Crippen LogP contribution is 2.30. The fraction of sp³-hybridized carbons (Fsp3) is 0.100. The Labute approximate surface area is 106 Å². The van der Waals surface area contributed by atoms with Crippen molar-refractivity contribution in [3.63, 3.8) is 0 Å². The van der Waals surface area contributed by atoms with Crippen LogP contribution in [-0.4, -0.2) is 32.0 Å². The molecule has 0 aliphatic heterocycles. The SMILES string of the molecule is COc1cc(-c2nn3[nH]c(=S)nc3o2)ccc1O. The average molecular weight is 264 g/mol. The molecular weight excluding hydrogens is 256 g/mol. The summed E-state index contributed by atoms with van der Waals surface area (Å²) < 4.78 is 12.1. The summed E-state index contributed by atoms with van der Waals surface area (Å²) in [5, 5.41) is 16.4. The second-order valence-electron chi connectivity index (χ2n) is 3.52. The normalized spacial score (nSPS) is 10.9. The Bertz CT molecular complexity index is 738. The number of hydrogen-bond acceptors (Lipinski definition) is 6. The van der Waals surface area contributed by atoms with Gasteiger partial charge in [-0.1, -0.05) is 0 Å². The minimum atomic E-state index is 0.0528. The standard InChI is InChI=1S/C10H8N4O3S/c1-16-7-4-5(2-3-6(7)15)8-12-14-10(17-8)11-9(18)13-14/h2-4,15H,1H3,(H,13,18). The van der Waals surface area contributed by atoms with Crippen molar-refractivity contribution in [1.82, 2.24) is 19.8 Å². The van der Waals surface area contributed by atoms with Crippen LogP contribution in [-0.2, 0) is 0 Å². The summed E-state index contributed by atoms with van der Waals surface area (Å²) in [6.45, 7) is 0. The summed E-state index contributed by atoms with van der Waals surface area (Å²) >= 11 is 4.84. The van der Waals surface area contributed by atoms with Gasteiger partial charge in [0.05, 0.1) is 7.11 Å². The maximum Gasteiger partial charge on any atom is 0.343 e. The number of aromatic amines is 1. The molecule has 0 fully saturated rings. The molecule has 0 saturated heterocycles. The quantitative estimate of drug-likeness (QED) is 0.686. The second kappa shape index (κ2) is 3.84. The predicted octanol–water partition coefficient (Wildman–Crippen LogP) is 1.76. The molecule has 18 heavy (non-hydrogen) atoms. The minimum absolute atomic E-state index is 0.0528. The molecule has 3 aromatic rings. The van der Waals surface area contributed by atoms with E-state index in [1.807, 2.05) is 0 Å². The van der Waals surface area contributed by atoms with Crippen molar-refractivity contribution in [2.24, 2.45) is 0 Å². The van der Waals surface area contributed by atoms with Crippen molar-refractivity contribution < 1.29 is 14.3 Å². The second-order valence-corrected chi connectivity index (χ2v) is 3.90. The van der Waals surface area contributed by atoms with Gasteiger partial charge in [0.25, 0.3) is 0 Å². The van der Waals surface area contributed by atoms with E-state index in [2.05, 4.69) is 15.2 Å². The lowest BCUT2D eigenvalue weighted by atomic mass is 10.2. The minimum Gasteiger partial charge on any atom is -0.504 e. The number of benzene rings is 1. The van der Waals surface area contributed by atoms with E-state index in [0.29, 0.717) is 22.0 Å². The van der Waals surface area contributed by atoms with Crippen LogP contribution in [0.5, 0.6) is 11.5 Å². The van der Waals surface area contributed by atoms with Gasteiger partial charge in [0.1, 0.15) is 0 Å². The van der Waals surface area contributed by atoms with Crippen LogP contribution in [0.25, 0.3) is 17.3 Å². The summed E-state index contributed by atoms with van der Waals surface area (Å²) in [5.41, 5.74) is 0.662. The molecule has 2 heterocycles. The molecule has 2 aromatic heterocycles. The van der Waals surface area contributed by atoms with Gasteiger partial charge in [0.2, 0.25) is 10.7 Å². The molecule has 0 amide bonds. The van der Waals surface area contributed by atoms with Gasteiger partial charge in [-0.15, -0.1) is 9.73 Å². The van der Waals surface area contributed by atoms with E-state index in [1.165, 1.54) is 17.8 Å². The molecule has 0 bridgehead atoms. The fourth-order valence-electron chi connectivity index (χ4n) is 1.56. The maximum absolute atomic E-state index is 9.50. The molecule has 0 unspecified atom stereocenters. The number of fused-ring (bicyclic) bond motifs is 1. The van der Waals surface area contributed by atoms with Gasteiger partial charge in [0, 0.05) is 5.56 Å². The first kappa shape index (κ1) is 10.8. The highest BCUT2D eigenvalue weighted by Gasteiger charge is 2.12. The van der Waals surface area contributed by atoms with E-state index < -0.39 is 0 Å². The third kappa shape index (κ3) is 1.63. The molecule has 0 spiro atoms. The van der Waals surface area contributed by atoms with Gasteiger partial charge < -0.3 is 14.3 Å². The molecule has 2 N–H and O–H groups in total. The van der Waals surface area contributed by atoms with Crippen LogP contribution >= 0.6 is 12.2 Å². The third-order valence-corrected chi connectivity index (χ3v) is 2.57. The number of H-pyrrole nitrogens is 1. The number of methoxy groups -OCH3 is 1. The first-order valence-corrected chi connectivity index (χ1v) is 5.41. The van der Waals surface area contributed by atoms with E-state index in [9.17, 15) is 5.11 Å². The number of aromatic hydroxyl groups is 1. The van der Waals surface area contributed by atoms with Gasteiger partial charge in [-0.05, 0) is 30.4 Å². The van der Waals surface area contributed by atoms with Crippen molar-refractivity contribution >= 4 is 18.1 Å². The largest absolute Gasteiger partial charge is 0.504 e. The van der Waals surface area contributed by atoms with Crippen LogP contribution < -0.4 is 4.74 Å². The number of phenols is 1. The Kier molecular flexibility index (Phi) is 2.30. The first-order chi connectivity index (χ1) is 8.67. The van der Waals surface area contributed by atoms with E-state index in [4.69, 9.17) is 21.4 Å². The molecule has 0 atom stereocenters. The lowest BCUT2D eigenvalue weighted by Crippen LogP contribution is -1.88. The topological polar surface area (TPSA) is 88.6 Å². The van der Waals surface area contributed by atoms with Crippen LogP contribution in [0.15, 0.2) is 22.6 Å². The summed E-state index contributed by atoms with van der Waals surface area (Å²) in [4.78, 5) is 3.93. The number of hydrogen-bond donors (Lipinski definition) is 2. The van der Waals surface area contributed by atoms with Crippen LogP contribution in [0.3, 0.4) is 0 Å². The predicted molar refractivity (Wildman–Crippen MR) is 64.1 cm³/mol. The van der Waals surface area contributed by atoms with Crippen molar-refractivity contribution in [3.05, 3.63) is 23.0 Å². The number of aromatic nitrogens is 4. The molecule has 7 nitrogen and oxygen atoms in total. The van der Waals surface area contributed by atoms with Crippen molar-refractivity contribution in [2.45, 2.75) is 0 Å². The molecule has 0 aliphatic rings. The Balaban J connectivity index is 2.13. The van der Waals surface area contributed by atoms with Crippen molar-refractivity contribution in [1.29, 1.82) is 0 Å². The zero-order chi connectivity index (χ0) is 12.7. The number of rotatable bonds is 2. The molecule has 0 saturated carbocycles. The summed E-state index contributed by atoms with van der Waals surface area (Å²) in [7, 11) is 1.47. The number of nitrogens with zero attached hydrogens (tertiary/aromatic N) is 3. The molecular formula is C10H8N4O3S. The van der Waals surface area contributed by atoms with Crippen LogP contribution in [0.4, 0.5) is 0 Å². The molecule has 8 heteroatoms. The molecule has 1 aromatic carbocycles.